The molecule has 0 fully saturated rings. The van der Waals surface area contributed by atoms with Gasteiger partial charge in [-0.2, -0.15) is 0 Å². The van der Waals surface area contributed by atoms with Crippen molar-refractivity contribution in [3.05, 3.63) is 29.3 Å². The molecular weight excluding hydrogens is 158 g/mol. The number of nitrogens with zero attached hydrogens (tertiary/aromatic N) is 1. The van der Waals surface area contributed by atoms with E-state index in [1.807, 2.05) is 0 Å². The smallest absolute Gasteiger partial charge is 0.0398 e. The van der Waals surface area contributed by atoms with Crippen molar-refractivity contribution < 1.29 is 0 Å². The van der Waals surface area contributed by atoms with E-state index in [-0.39, 0.29) is 0 Å². The quantitative estimate of drug-likeness (QED) is 0.685. The van der Waals surface area contributed by atoms with Gasteiger partial charge < -0.3 is 4.90 Å². The van der Waals surface area contributed by atoms with Crippen LogP contribution in [-0.2, 0) is 0 Å². The van der Waals surface area contributed by atoms with Crippen LogP contribution in [0, 0.1) is 13.8 Å². The van der Waals surface area contributed by atoms with Crippen molar-refractivity contribution >= 4 is 5.69 Å². The minimum atomic E-state index is 1.08. The van der Waals surface area contributed by atoms with Gasteiger partial charge in [0.1, 0.15) is 0 Å². The lowest BCUT2D eigenvalue weighted by molar-refractivity contribution is 0.861. The highest BCUT2D eigenvalue weighted by Crippen LogP contribution is 2.20. The second kappa shape index (κ2) is 4.31. The van der Waals surface area contributed by atoms with Crippen LogP contribution >= 0.6 is 0 Å². The van der Waals surface area contributed by atoms with Crippen molar-refractivity contribution in [2.75, 3.05) is 18.0 Å². The summed E-state index contributed by atoms with van der Waals surface area (Å²) in [5.74, 6) is 0. The summed E-state index contributed by atoms with van der Waals surface area (Å²) in [6.07, 6.45) is 0. The van der Waals surface area contributed by atoms with Crippen LogP contribution in [0.5, 0.6) is 0 Å². The van der Waals surface area contributed by atoms with Crippen LogP contribution in [-0.4, -0.2) is 13.1 Å². The molecular formula is C12H19N. The lowest BCUT2D eigenvalue weighted by Crippen LogP contribution is -2.22. The highest BCUT2D eigenvalue weighted by molar-refractivity contribution is 5.54. The van der Waals surface area contributed by atoms with E-state index in [1.54, 1.807) is 0 Å². The van der Waals surface area contributed by atoms with Crippen molar-refractivity contribution in [1.82, 2.24) is 0 Å². The molecule has 0 aliphatic carbocycles. The van der Waals surface area contributed by atoms with Crippen LogP contribution in [0.1, 0.15) is 25.0 Å². The minimum Gasteiger partial charge on any atom is -0.372 e. The van der Waals surface area contributed by atoms with Crippen molar-refractivity contribution in [3.8, 4) is 0 Å². The van der Waals surface area contributed by atoms with E-state index >= 15 is 0 Å². The van der Waals surface area contributed by atoms with E-state index < -0.39 is 0 Å². The molecule has 13 heavy (non-hydrogen) atoms. The molecule has 0 N–H and O–H groups in total. The second-order valence-electron chi connectivity index (χ2n) is 3.46. The molecule has 1 heteroatoms. The maximum atomic E-state index is 2.39. The molecule has 72 valence electrons. The Labute approximate surface area is 81.4 Å². The van der Waals surface area contributed by atoms with E-state index in [2.05, 4.69) is 50.8 Å². The Morgan fingerprint density at radius 1 is 1.08 bits per heavy atom. The molecule has 0 spiro atoms. The van der Waals surface area contributed by atoms with Gasteiger partial charge in [0.15, 0.2) is 0 Å². The third-order valence-electron chi connectivity index (χ3n) is 2.47. The molecule has 0 unspecified atom stereocenters. The molecule has 0 saturated carbocycles. The average molecular weight is 177 g/mol. The lowest BCUT2D eigenvalue weighted by Gasteiger charge is -2.23. The summed E-state index contributed by atoms with van der Waals surface area (Å²) in [6, 6.07) is 6.63. The van der Waals surface area contributed by atoms with Gasteiger partial charge in [0.2, 0.25) is 0 Å². The van der Waals surface area contributed by atoms with Crippen molar-refractivity contribution in [3.63, 3.8) is 0 Å². The number of rotatable bonds is 3. The first-order chi connectivity index (χ1) is 6.19. The molecule has 1 nitrogen and oxygen atoms in total. The molecule has 0 amide bonds. The average Bonchev–Trinajstić information content (AvgIpc) is 2.13. The van der Waals surface area contributed by atoms with Crippen LogP contribution < -0.4 is 4.90 Å². The Morgan fingerprint density at radius 3 is 2.23 bits per heavy atom. The Balaban J connectivity index is 3.03. The zero-order valence-electron chi connectivity index (χ0n) is 9.09. The molecule has 0 heterocycles. The topological polar surface area (TPSA) is 3.24 Å². The molecule has 1 aromatic rings. The Bertz CT molecular complexity index is 274. The SMILES string of the molecule is CCN(CC)c1cc(C)ccc1C. The van der Waals surface area contributed by atoms with Gasteiger partial charge >= 0.3 is 0 Å². The summed E-state index contributed by atoms with van der Waals surface area (Å²) in [6.45, 7) is 10.9. The first-order valence-electron chi connectivity index (χ1n) is 5.01. The monoisotopic (exact) mass is 177 g/mol. The molecule has 0 atom stereocenters. The lowest BCUT2D eigenvalue weighted by atomic mass is 10.1. The van der Waals surface area contributed by atoms with Crippen LogP contribution in [0.3, 0.4) is 0 Å². The van der Waals surface area contributed by atoms with Crippen LogP contribution in [0.25, 0.3) is 0 Å². The van der Waals surface area contributed by atoms with Gasteiger partial charge in [-0.3, -0.25) is 0 Å². The van der Waals surface area contributed by atoms with Crippen LogP contribution in [0.15, 0.2) is 18.2 Å². The summed E-state index contributed by atoms with van der Waals surface area (Å²) in [4.78, 5) is 2.39. The van der Waals surface area contributed by atoms with Crippen molar-refractivity contribution in [2.24, 2.45) is 0 Å². The number of anilines is 1. The highest BCUT2D eigenvalue weighted by atomic mass is 15.1. The number of aryl methyl sites for hydroxylation is 2. The molecule has 0 aliphatic rings. The van der Waals surface area contributed by atoms with Gasteiger partial charge in [-0.15, -0.1) is 0 Å². The molecule has 0 bridgehead atoms. The van der Waals surface area contributed by atoms with Crippen LogP contribution in [0.4, 0.5) is 5.69 Å². The maximum absolute atomic E-state index is 2.39. The summed E-state index contributed by atoms with van der Waals surface area (Å²) in [5.41, 5.74) is 4.09. The zero-order chi connectivity index (χ0) is 9.84. The zero-order valence-corrected chi connectivity index (χ0v) is 9.09. The van der Waals surface area contributed by atoms with Crippen molar-refractivity contribution in [1.29, 1.82) is 0 Å². The third kappa shape index (κ3) is 2.24. The molecule has 0 saturated heterocycles. The Hall–Kier alpha value is -0.980. The van der Waals surface area contributed by atoms with Gasteiger partial charge in [0.25, 0.3) is 0 Å². The van der Waals surface area contributed by atoms with Gasteiger partial charge in [-0.1, -0.05) is 12.1 Å². The number of benzene rings is 1. The number of hydrogen-bond acceptors (Lipinski definition) is 1. The fourth-order valence-electron chi connectivity index (χ4n) is 1.62. The second-order valence-corrected chi connectivity index (χ2v) is 3.46. The standard InChI is InChI=1S/C12H19N/c1-5-13(6-2)12-9-10(3)7-8-11(12)4/h7-9H,5-6H2,1-4H3. The Morgan fingerprint density at radius 2 is 1.69 bits per heavy atom. The van der Waals surface area contributed by atoms with Gasteiger partial charge in [0, 0.05) is 18.8 Å². The minimum absolute atomic E-state index is 1.08. The molecule has 0 aliphatic heterocycles. The Kier molecular flexibility index (Phi) is 3.35. The molecule has 1 rings (SSSR count). The summed E-state index contributed by atoms with van der Waals surface area (Å²) >= 11 is 0. The van der Waals surface area contributed by atoms with E-state index in [1.165, 1.54) is 16.8 Å². The third-order valence-corrected chi connectivity index (χ3v) is 2.47. The van der Waals surface area contributed by atoms with E-state index in [0.29, 0.717) is 0 Å². The fourth-order valence-corrected chi connectivity index (χ4v) is 1.62. The number of hydrogen-bond donors (Lipinski definition) is 0. The first kappa shape index (κ1) is 10.1. The highest BCUT2D eigenvalue weighted by Gasteiger charge is 2.04. The van der Waals surface area contributed by atoms with Gasteiger partial charge in [0.05, 0.1) is 0 Å². The largest absolute Gasteiger partial charge is 0.372 e. The fraction of sp³-hybridized carbons (Fsp3) is 0.500. The van der Waals surface area contributed by atoms with E-state index in [9.17, 15) is 0 Å². The van der Waals surface area contributed by atoms with Crippen LogP contribution in [0.2, 0.25) is 0 Å². The predicted molar refractivity (Wildman–Crippen MR) is 59.5 cm³/mol. The molecule has 1 aromatic carbocycles. The normalized spacial score (nSPS) is 10.2. The maximum Gasteiger partial charge on any atom is 0.0398 e. The van der Waals surface area contributed by atoms with E-state index in [0.717, 1.165) is 13.1 Å². The summed E-state index contributed by atoms with van der Waals surface area (Å²) in [5, 5.41) is 0. The first-order valence-corrected chi connectivity index (χ1v) is 5.01. The van der Waals surface area contributed by atoms with Gasteiger partial charge in [-0.05, 0) is 44.9 Å². The van der Waals surface area contributed by atoms with E-state index in [4.69, 9.17) is 0 Å². The molecule has 0 radical (unpaired) electrons. The van der Waals surface area contributed by atoms with Crippen molar-refractivity contribution in [2.45, 2.75) is 27.7 Å². The summed E-state index contributed by atoms with van der Waals surface area (Å²) in [7, 11) is 0. The molecule has 0 aromatic heterocycles. The summed E-state index contributed by atoms with van der Waals surface area (Å²) < 4.78 is 0. The predicted octanol–water partition coefficient (Wildman–Crippen LogP) is 3.15. The van der Waals surface area contributed by atoms with Gasteiger partial charge in [-0.25, -0.2) is 0 Å².